The highest BCUT2D eigenvalue weighted by atomic mass is 19.3. The van der Waals surface area contributed by atoms with Crippen LogP contribution < -0.4 is 10.5 Å². The van der Waals surface area contributed by atoms with Gasteiger partial charge in [0, 0.05) is 36.6 Å². The molecule has 2 N–H and O–H groups in total. The average molecular weight is 270 g/mol. The zero-order valence-electron chi connectivity index (χ0n) is 11.4. The summed E-state index contributed by atoms with van der Waals surface area (Å²) in [6.45, 7) is 2.24. The summed E-state index contributed by atoms with van der Waals surface area (Å²) in [6, 6.07) is 3.75. The van der Waals surface area contributed by atoms with Gasteiger partial charge < -0.3 is 10.5 Å². The zero-order chi connectivity index (χ0) is 14.1. The first-order valence-electron chi connectivity index (χ1n) is 6.52. The highest BCUT2D eigenvalue weighted by Crippen LogP contribution is 2.45. The van der Waals surface area contributed by atoms with Crippen LogP contribution in [0.25, 0.3) is 0 Å². The first kappa shape index (κ1) is 14.2. The van der Waals surface area contributed by atoms with Crippen molar-refractivity contribution in [2.45, 2.75) is 43.9 Å². The van der Waals surface area contributed by atoms with Crippen molar-refractivity contribution in [3.05, 3.63) is 23.4 Å². The first-order valence-corrected chi connectivity index (χ1v) is 6.52. The molecule has 0 spiro atoms. The van der Waals surface area contributed by atoms with Gasteiger partial charge in [-0.2, -0.15) is 0 Å². The fraction of sp³-hybridized carbons (Fsp3) is 0.643. The van der Waals surface area contributed by atoms with E-state index in [0.29, 0.717) is 25.3 Å². The fourth-order valence-electron chi connectivity index (χ4n) is 2.75. The number of halogens is 2. The number of aryl methyl sites for hydroxylation is 1. The van der Waals surface area contributed by atoms with Crippen LogP contribution in [0.15, 0.2) is 12.1 Å². The Labute approximate surface area is 112 Å². The van der Waals surface area contributed by atoms with Crippen molar-refractivity contribution in [1.29, 1.82) is 0 Å². The molecule has 1 aliphatic carbocycles. The van der Waals surface area contributed by atoms with Crippen molar-refractivity contribution >= 4 is 0 Å². The van der Waals surface area contributed by atoms with Crippen LogP contribution in [0.4, 0.5) is 8.78 Å². The molecule has 1 aliphatic rings. The molecule has 0 saturated heterocycles. The third-order valence-corrected chi connectivity index (χ3v) is 4.08. The molecule has 106 valence electrons. The molecule has 1 aromatic heterocycles. The maximum absolute atomic E-state index is 13.3. The molecule has 1 aromatic rings. The van der Waals surface area contributed by atoms with Gasteiger partial charge in [-0.1, -0.05) is 0 Å². The Morgan fingerprint density at radius 2 is 1.89 bits per heavy atom. The number of pyridine rings is 1. The van der Waals surface area contributed by atoms with E-state index in [-0.39, 0.29) is 18.3 Å². The molecular weight excluding hydrogens is 250 g/mol. The van der Waals surface area contributed by atoms with E-state index >= 15 is 0 Å². The molecule has 0 amide bonds. The standard InChI is InChI=1S/C14H20F2N2O/c1-10-7-11(8-12(18-10)19-2)13(9-17)3-5-14(15,16)6-4-13/h7-8H,3-6,9,17H2,1-2H3. The lowest BCUT2D eigenvalue weighted by Gasteiger charge is -2.40. The molecule has 0 bridgehead atoms. The van der Waals surface area contributed by atoms with Gasteiger partial charge in [-0.3, -0.25) is 0 Å². The molecule has 0 unspecified atom stereocenters. The van der Waals surface area contributed by atoms with Crippen molar-refractivity contribution in [2.24, 2.45) is 5.73 Å². The molecule has 0 atom stereocenters. The second kappa shape index (κ2) is 5.04. The largest absolute Gasteiger partial charge is 0.481 e. The molecule has 0 aromatic carbocycles. The van der Waals surface area contributed by atoms with Gasteiger partial charge in [-0.15, -0.1) is 0 Å². The Bertz CT molecular complexity index is 453. The second-order valence-corrected chi connectivity index (χ2v) is 5.38. The van der Waals surface area contributed by atoms with Crippen molar-refractivity contribution in [1.82, 2.24) is 4.98 Å². The lowest BCUT2D eigenvalue weighted by atomic mass is 9.68. The summed E-state index contributed by atoms with van der Waals surface area (Å²) in [7, 11) is 1.55. The monoisotopic (exact) mass is 270 g/mol. The van der Waals surface area contributed by atoms with Gasteiger partial charge in [0.2, 0.25) is 11.8 Å². The molecule has 1 fully saturated rings. The van der Waals surface area contributed by atoms with Gasteiger partial charge in [0.25, 0.3) is 0 Å². The van der Waals surface area contributed by atoms with E-state index in [2.05, 4.69) is 4.98 Å². The number of rotatable bonds is 3. The van der Waals surface area contributed by atoms with Crippen LogP contribution in [0.5, 0.6) is 5.88 Å². The van der Waals surface area contributed by atoms with E-state index in [0.717, 1.165) is 11.3 Å². The van der Waals surface area contributed by atoms with Gasteiger partial charge in [-0.05, 0) is 31.4 Å². The number of alkyl halides is 2. The number of nitrogens with zero attached hydrogens (tertiary/aromatic N) is 1. The first-order chi connectivity index (χ1) is 8.91. The topological polar surface area (TPSA) is 48.1 Å². The summed E-state index contributed by atoms with van der Waals surface area (Å²) in [5.74, 6) is -2.04. The Balaban J connectivity index is 2.34. The maximum Gasteiger partial charge on any atom is 0.248 e. The molecule has 19 heavy (non-hydrogen) atoms. The van der Waals surface area contributed by atoms with Crippen LogP contribution in [-0.4, -0.2) is 24.6 Å². The van der Waals surface area contributed by atoms with Crippen molar-refractivity contribution in [3.63, 3.8) is 0 Å². The van der Waals surface area contributed by atoms with Crippen molar-refractivity contribution in [3.8, 4) is 5.88 Å². The Kier molecular flexibility index (Phi) is 3.76. The molecule has 0 radical (unpaired) electrons. The lowest BCUT2D eigenvalue weighted by Crippen LogP contribution is -2.42. The lowest BCUT2D eigenvalue weighted by molar-refractivity contribution is -0.0509. The van der Waals surface area contributed by atoms with Crippen LogP contribution in [0.1, 0.15) is 36.9 Å². The smallest absolute Gasteiger partial charge is 0.248 e. The summed E-state index contributed by atoms with van der Waals surface area (Å²) in [4.78, 5) is 4.23. The SMILES string of the molecule is COc1cc(C2(CN)CCC(F)(F)CC2)cc(C)n1. The molecule has 1 saturated carbocycles. The molecule has 0 aliphatic heterocycles. The summed E-state index contributed by atoms with van der Waals surface area (Å²) in [6.07, 6.45) is 0.605. The molecule has 5 heteroatoms. The van der Waals surface area contributed by atoms with Crippen LogP contribution in [-0.2, 0) is 5.41 Å². The van der Waals surface area contributed by atoms with E-state index in [4.69, 9.17) is 10.5 Å². The maximum atomic E-state index is 13.3. The quantitative estimate of drug-likeness (QED) is 0.918. The predicted octanol–water partition coefficient (Wildman–Crippen LogP) is 2.80. The predicted molar refractivity (Wildman–Crippen MR) is 69.7 cm³/mol. The Morgan fingerprint density at radius 3 is 2.42 bits per heavy atom. The number of ether oxygens (including phenoxy) is 1. The molecule has 1 heterocycles. The average Bonchev–Trinajstić information content (AvgIpc) is 2.38. The molecule has 2 rings (SSSR count). The van der Waals surface area contributed by atoms with E-state index in [1.165, 1.54) is 0 Å². The summed E-state index contributed by atoms with van der Waals surface area (Å²) in [5, 5.41) is 0. The third kappa shape index (κ3) is 2.86. The van der Waals surface area contributed by atoms with Crippen molar-refractivity contribution in [2.75, 3.05) is 13.7 Å². The number of hydrogen-bond donors (Lipinski definition) is 1. The normalized spacial score (nSPS) is 21.1. The fourth-order valence-corrected chi connectivity index (χ4v) is 2.75. The van der Waals surface area contributed by atoms with Crippen LogP contribution in [0, 0.1) is 6.92 Å². The van der Waals surface area contributed by atoms with E-state index in [1.807, 2.05) is 19.1 Å². The van der Waals surface area contributed by atoms with Gasteiger partial charge >= 0.3 is 0 Å². The minimum absolute atomic E-state index is 0.103. The summed E-state index contributed by atoms with van der Waals surface area (Å²) in [5.41, 5.74) is 7.31. The van der Waals surface area contributed by atoms with Gasteiger partial charge in [-0.25, -0.2) is 13.8 Å². The third-order valence-electron chi connectivity index (χ3n) is 4.08. The molecular formula is C14H20F2N2O. The van der Waals surface area contributed by atoms with Crippen molar-refractivity contribution < 1.29 is 13.5 Å². The Hall–Kier alpha value is -1.23. The minimum atomic E-state index is -2.55. The van der Waals surface area contributed by atoms with Crippen LogP contribution in [0.2, 0.25) is 0 Å². The minimum Gasteiger partial charge on any atom is -0.481 e. The number of nitrogens with two attached hydrogens (primary N) is 1. The highest BCUT2D eigenvalue weighted by Gasteiger charge is 2.43. The summed E-state index contributed by atoms with van der Waals surface area (Å²) < 4.78 is 31.9. The van der Waals surface area contributed by atoms with Gasteiger partial charge in [0.05, 0.1) is 7.11 Å². The molecule has 3 nitrogen and oxygen atoms in total. The van der Waals surface area contributed by atoms with E-state index in [1.54, 1.807) is 7.11 Å². The number of methoxy groups -OCH3 is 1. The van der Waals surface area contributed by atoms with Gasteiger partial charge in [0.15, 0.2) is 0 Å². The number of hydrogen-bond acceptors (Lipinski definition) is 3. The van der Waals surface area contributed by atoms with E-state index < -0.39 is 5.92 Å². The van der Waals surface area contributed by atoms with Crippen LogP contribution >= 0.6 is 0 Å². The zero-order valence-corrected chi connectivity index (χ0v) is 11.4. The van der Waals surface area contributed by atoms with Gasteiger partial charge in [0.1, 0.15) is 0 Å². The second-order valence-electron chi connectivity index (χ2n) is 5.38. The Morgan fingerprint density at radius 1 is 1.26 bits per heavy atom. The van der Waals surface area contributed by atoms with E-state index in [9.17, 15) is 8.78 Å². The summed E-state index contributed by atoms with van der Waals surface area (Å²) >= 11 is 0. The highest BCUT2D eigenvalue weighted by molar-refractivity contribution is 5.33. The number of aromatic nitrogens is 1. The van der Waals surface area contributed by atoms with Crippen LogP contribution in [0.3, 0.4) is 0 Å².